The van der Waals surface area contributed by atoms with Gasteiger partial charge in [-0.2, -0.15) is 0 Å². The molecule has 1 amide bonds. The van der Waals surface area contributed by atoms with Gasteiger partial charge < -0.3 is 24.0 Å². The van der Waals surface area contributed by atoms with E-state index in [1.54, 1.807) is 18.7 Å². The van der Waals surface area contributed by atoms with E-state index in [1.165, 1.54) is 11.8 Å². The molecular formula is C33H37N3O6S. The first-order valence-electron chi connectivity index (χ1n) is 14.7. The molecule has 2 aromatic rings. The van der Waals surface area contributed by atoms with Crippen LogP contribution in [0.3, 0.4) is 0 Å². The number of amidine groups is 1. The van der Waals surface area contributed by atoms with Crippen LogP contribution in [0.4, 0.5) is 0 Å². The molecule has 3 aliphatic rings. The number of benzene rings is 2. The highest BCUT2D eigenvalue weighted by Crippen LogP contribution is 2.45. The number of piperidine rings is 1. The van der Waals surface area contributed by atoms with Crippen molar-refractivity contribution in [2.45, 2.75) is 52.7 Å². The molecule has 5 rings (SSSR count). The van der Waals surface area contributed by atoms with E-state index in [0.29, 0.717) is 54.9 Å². The van der Waals surface area contributed by atoms with Gasteiger partial charge in [-0.15, -0.1) is 0 Å². The van der Waals surface area contributed by atoms with Crippen molar-refractivity contribution >= 4 is 34.8 Å². The van der Waals surface area contributed by atoms with Crippen LogP contribution in [0.2, 0.25) is 0 Å². The van der Waals surface area contributed by atoms with Crippen molar-refractivity contribution in [3.05, 3.63) is 88.1 Å². The fraction of sp³-hybridized carbons (Fsp3) is 0.394. The summed E-state index contributed by atoms with van der Waals surface area (Å²) in [4.78, 5) is 47.8. The molecule has 0 N–H and O–H groups in total. The maximum Gasteiger partial charge on any atom is 0.338 e. The Kier molecular flexibility index (Phi) is 9.86. The maximum atomic E-state index is 13.6. The van der Waals surface area contributed by atoms with Crippen LogP contribution in [0.25, 0.3) is 0 Å². The second-order valence-electron chi connectivity index (χ2n) is 10.6. The van der Waals surface area contributed by atoms with Gasteiger partial charge in [-0.05, 0) is 62.3 Å². The lowest BCUT2D eigenvalue weighted by Crippen LogP contribution is -2.44. The summed E-state index contributed by atoms with van der Waals surface area (Å²) in [6.07, 6.45) is 1.56. The Hall–Kier alpha value is -4.05. The number of nitrogens with zero attached hydrogens (tertiary/aromatic N) is 3. The first kappa shape index (κ1) is 30.4. The number of hydrogen-bond acceptors (Lipinski definition) is 9. The van der Waals surface area contributed by atoms with Crippen molar-refractivity contribution in [1.29, 1.82) is 0 Å². The third kappa shape index (κ3) is 6.96. The van der Waals surface area contributed by atoms with Crippen molar-refractivity contribution in [3.63, 3.8) is 0 Å². The third-order valence-electron chi connectivity index (χ3n) is 7.64. The van der Waals surface area contributed by atoms with E-state index in [-0.39, 0.29) is 30.8 Å². The second kappa shape index (κ2) is 13.9. The molecule has 0 radical (unpaired) electrons. The number of ether oxygens (including phenoxy) is 3. The quantitative estimate of drug-likeness (QED) is 0.324. The molecule has 9 nitrogen and oxygen atoms in total. The monoisotopic (exact) mass is 603 g/mol. The van der Waals surface area contributed by atoms with Gasteiger partial charge in [-0.1, -0.05) is 54.2 Å². The normalized spacial score (nSPS) is 19.8. The molecule has 226 valence electrons. The van der Waals surface area contributed by atoms with Crippen LogP contribution in [0.1, 0.15) is 57.2 Å². The molecule has 1 saturated heterocycles. The number of thioether (sulfide) groups is 1. The molecular weight excluding hydrogens is 566 g/mol. The van der Waals surface area contributed by atoms with E-state index in [1.807, 2.05) is 71.8 Å². The van der Waals surface area contributed by atoms with Gasteiger partial charge in [0.2, 0.25) is 5.91 Å². The highest BCUT2D eigenvalue weighted by Gasteiger charge is 2.42. The number of rotatable bonds is 10. The molecule has 43 heavy (non-hydrogen) atoms. The highest BCUT2D eigenvalue weighted by molar-refractivity contribution is 8.16. The average Bonchev–Trinajstić information content (AvgIpc) is 3.41. The van der Waals surface area contributed by atoms with E-state index in [0.717, 1.165) is 23.2 Å². The van der Waals surface area contributed by atoms with E-state index in [4.69, 9.17) is 19.2 Å². The number of aliphatic imine (C=N–C) groups is 1. The van der Waals surface area contributed by atoms with Gasteiger partial charge in [0.15, 0.2) is 5.17 Å². The molecule has 0 spiro atoms. The maximum absolute atomic E-state index is 13.6. The SMILES string of the molecule is CCOC(=O)C1=C(C)N=C2SC=C(CC(=O)N3CCC[C@H](C(=O)OCC)C3)N2[C@@H]1c1cccc(OCc2ccccc2)c1. The molecule has 3 heterocycles. The van der Waals surface area contributed by atoms with Crippen molar-refractivity contribution in [3.8, 4) is 5.75 Å². The Morgan fingerprint density at radius 3 is 2.58 bits per heavy atom. The predicted molar refractivity (Wildman–Crippen MR) is 165 cm³/mol. The largest absolute Gasteiger partial charge is 0.489 e. The molecule has 1 fully saturated rings. The van der Waals surface area contributed by atoms with E-state index < -0.39 is 12.0 Å². The molecule has 0 aromatic heterocycles. The number of carbonyl (C=O) groups is 3. The van der Waals surface area contributed by atoms with Gasteiger partial charge in [-0.25, -0.2) is 9.79 Å². The van der Waals surface area contributed by atoms with Gasteiger partial charge in [0.25, 0.3) is 0 Å². The molecule has 0 bridgehead atoms. The number of fused-ring (bicyclic) bond motifs is 1. The Balaban J connectivity index is 1.41. The van der Waals surface area contributed by atoms with Crippen molar-refractivity contribution in [2.24, 2.45) is 10.9 Å². The van der Waals surface area contributed by atoms with Crippen LogP contribution in [0.5, 0.6) is 5.75 Å². The summed E-state index contributed by atoms with van der Waals surface area (Å²) in [6.45, 7) is 7.26. The summed E-state index contributed by atoms with van der Waals surface area (Å²) >= 11 is 1.43. The lowest BCUT2D eigenvalue weighted by Gasteiger charge is -2.37. The van der Waals surface area contributed by atoms with Gasteiger partial charge >= 0.3 is 11.9 Å². The topological polar surface area (TPSA) is 97.7 Å². The van der Waals surface area contributed by atoms with Gasteiger partial charge in [0.05, 0.1) is 42.9 Å². The third-order valence-corrected chi connectivity index (χ3v) is 8.53. The number of amides is 1. The van der Waals surface area contributed by atoms with E-state index in [2.05, 4.69) is 0 Å². The van der Waals surface area contributed by atoms with Crippen LogP contribution < -0.4 is 4.74 Å². The Labute approximate surface area is 256 Å². The van der Waals surface area contributed by atoms with Crippen molar-refractivity contribution in [1.82, 2.24) is 9.80 Å². The number of likely N-dealkylation sites (tertiary alicyclic amines) is 1. The zero-order valence-corrected chi connectivity index (χ0v) is 25.6. The number of esters is 2. The van der Waals surface area contributed by atoms with Gasteiger partial charge in [0.1, 0.15) is 12.4 Å². The molecule has 0 unspecified atom stereocenters. The van der Waals surface area contributed by atoms with Crippen molar-refractivity contribution < 1.29 is 28.6 Å². The molecule has 3 aliphatic heterocycles. The van der Waals surface area contributed by atoms with Gasteiger partial charge in [0, 0.05) is 18.8 Å². The Morgan fingerprint density at radius 2 is 1.81 bits per heavy atom. The summed E-state index contributed by atoms with van der Waals surface area (Å²) in [6, 6.07) is 17.0. The second-order valence-corrected chi connectivity index (χ2v) is 11.4. The summed E-state index contributed by atoms with van der Waals surface area (Å²) in [7, 11) is 0. The molecule has 0 saturated carbocycles. The Bertz CT molecular complexity index is 1450. The highest BCUT2D eigenvalue weighted by atomic mass is 32.2. The van der Waals surface area contributed by atoms with Crippen LogP contribution >= 0.6 is 11.8 Å². The summed E-state index contributed by atoms with van der Waals surface area (Å²) in [5, 5.41) is 2.62. The van der Waals surface area contributed by atoms with Crippen LogP contribution in [0, 0.1) is 5.92 Å². The number of carbonyl (C=O) groups excluding carboxylic acids is 3. The minimum absolute atomic E-state index is 0.0789. The van der Waals surface area contributed by atoms with E-state index in [9.17, 15) is 14.4 Å². The zero-order valence-electron chi connectivity index (χ0n) is 24.8. The van der Waals surface area contributed by atoms with Crippen LogP contribution in [-0.2, 0) is 30.5 Å². The summed E-state index contributed by atoms with van der Waals surface area (Å²) < 4.78 is 16.8. The zero-order chi connectivity index (χ0) is 30.3. The van der Waals surface area contributed by atoms with Crippen molar-refractivity contribution in [2.75, 3.05) is 26.3 Å². The minimum atomic E-state index is -0.561. The van der Waals surface area contributed by atoms with E-state index >= 15 is 0 Å². The summed E-state index contributed by atoms with van der Waals surface area (Å²) in [5.41, 5.74) is 3.60. The molecule has 2 aromatic carbocycles. The number of hydrogen-bond donors (Lipinski definition) is 0. The first-order chi connectivity index (χ1) is 20.9. The molecule has 10 heteroatoms. The predicted octanol–water partition coefficient (Wildman–Crippen LogP) is 5.60. The first-order valence-corrected chi connectivity index (χ1v) is 15.6. The molecule has 2 atom stereocenters. The summed E-state index contributed by atoms with van der Waals surface area (Å²) in [5.74, 6) is -0.429. The lowest BCUT2D eigenvalue weighted by atomic mass is 9.93. The smallest absolute Gasteiger partial charge is 0.338 e. The average molecular weight is 604 g/mol. The minimum Gasteiger partial charge on any atom is -0.489 e. The fourth-order valence-corrected chi connectivity index (χ4v) is 6.56. The number of allylic oxidation sites excluding steroid dienone is 1. The fourth-order valence-electron chi connectivity index (χ4n) is 5.59. The van der Waals surface area contributed by atoms with Crippen LogP contribution in [-0.4, -0.2) is 59.1 Å². The lowest BCUT2D eigenvalue weighted by molar-refractivity contribution is -0.151. The van der Waals surface area contributed by atoms with Crippen LogP contribution in [0.15, 0.2) is 82.0 Å². The molecule has 0 aliphatic carbocycles. The van der Waals surface area contributed by atoms with Gasteiger partial charge in [-0.3, -0.25) is 9.59 Å². The Morgan fingerprint density at radius 1 is 1.02 bits per heavy atom. The standard InChI is InChI=1S/C33H37N3O6S/c1-4-40-31(38)25-14-10-16-35(19-25)28(37)18-26-21-43-33-34-22(3)29(32(39)41-5-2)30(36(26)33)24-13-9-15-27(17-24)42-20-23-11-7-6-8-12-23/h6-9,11-13,15,17,21,25,30H,4-5,10,14,16,18-20H2,1-3H3/t25-,30+/m0/s1.